The van der Waals surface area contributed by atoms with Crippen LogP contribution in [0.1, 0.15) is 19.0 Å². The number of carbonyl (C=O) groups excluding carboxylic acids is 1. The molecule has 1 fully saturated rings. The Morgan fingerprint density at radius 1 is 1.46 bits per heavy atom. The minimum absolute atomic E-state index is 0.00625. The van der Waals surface area contributed by atoms with Crippen molar-refractivity contribution in [1.29, 1.82) is 0 Å². The molecule has 0 radical (unpaired) electrons. The van der Waals surface area contributed by atoms with Crippen LogP contribution in [-0.2, 0) is 16.0 Å². The van der Waals surface area contributed by atoms with Crippen LogP contribution >= 0.6 is 34.3 Å². The molecule has 0 aromatic carbocycles. The molecule has 0 saturated carbocycles. The van der Waals surface area contributed by atoms with Gasteiger partial charge in [-0.05, 0) is 24.5 Å². The molecule has 0 spiro atoms. The summed E-state index contributed by atoms with van der Waals surface area (Å²) in [6, 6.07) is 3.76. The van der Waals surface area contributed by atoms with Crippen LogP contribution in [0, 0.1) is 11.8 Å². The quantitative estimate of drug-likeness (QED) is 0.873. The molecular weight excluding hydrogens is 368 g/mol. The van der Waals surface area contributed by atoms with Gasteiger partial charge in [0.15, 0.2) is 0 Å². The van der Waals surface area contributed by atoms with Gasteiger partial charge in [-0.15, -0.1) is 22.7 Å². The second-order valence-corrected chi connectivity index (χ2v) is 8.55. The maximum atomic E-state index is 12.5. The van der Waals surface area contributed by atoms with E-state index >= 15 is 0 Å². The number of hydrogen-bond donors (Lipinski definition) is 1. The number of nitrogens with zero attached hydrogens (tertiary/aromatic N) is 2. The van der Waals surface area contributed by atoms with Crippen molar-refractivity contribution in [3.63, 3.8) is 0 Å². The number of aliphatic carboxylic acids is 1. The van der Waals surface area contributed by atoms with Crippen LogP contribution in [0.2, 0.25) is 4.34 Å². The number of amides is 1. The third kappa shape index (κ3) is 3.79. The first-order valence-electron chi connectivity index (χ1n) is 7.64. The molecule has 1 N–H and O–H groups in total. The highest BCUT2D eigenvalue weighted by Gasteiger charge is 2.33. The van der Waals surface area contributed by atoms with Crippen molar-refractivity contribution in [2.45, 2.75) is 19.8 Å². The highest BCUT2D eigenvalue weighted by molar-refractivity contribution is 7.23. The molecule has 128 valence electrons. The fraction of sp³-hybridized carbons (Fsp3) is 0.438. The third-order valence-corrected chi connectivity index (χ3v) is 6.53. The van der Waals surface area contributed by atoms with Gasteiger partial charge in [-0.3, -0.25) is 9.59 Å². The van der Waals surface area contributed by atoms with Gasteiger partial charge in [-0.2, -0.15) is 0 Å². The summed E-state index contributed by atoms with van der Waals surface area (Å²) in [4.78, 5) is 30.9. The topological polar surface area (TPSA) is 70.5 Å². The summed E-state index contributed by atoms with van der Waals surface area (Å²) in [7, 11) is 0. The van der Waals surface area contributed by atoms with Crippen molar-refractivity contribution >= 4 is 46.2 Å². The van der Waals surface area contributed by atoms with Crippen LogP contribution < -0.4 is 0 Å². The maximum Gasteiger partial charge on any atom is 0.306 e. The molecule has 2 unspecified atom stereocenters. The molecular formula is C16H17ClN2O3S2. The van der Waals surface area contributed by atoms with E-state index in [4.69, 9.17) is 16.7 Å². The molecule has 2 atom stereocenters. The Bertz CT molecular complexity index is 758. The van der Waals surface area contributed by atoms with Gasteiger partial charge in [0.2, 0.25) is 5.91 Å². The Balaban J connectivity index is 1.61. The number of aromatic nitrogens is 1. The van der Waals surface area contributed by atoms with Crippen LogP contribution in [0.15, 0.2) is 17.5 Å². The average molecular weight is 385 g/mol. The van der Waals surface area contributed by atoms with Crippen molar-refractivity contribution in [3.8, 4) is 9.88 Å². The summed E-state index contributed by atoms with van der Waals surface area (Å²) in [5.41, 5.74) is 0.748. The first-order valence-corrected chi connectivity index (χ1v) is 9.72. The lowest BCUT2D eigenvalue weighted by atomic mass is 9.87. The normalized spacial score (nSPS) is 21.0. The number of hydrogen-bond acceptors (Lipinski definition) is 5. The zero-order chi connectivity index (χ0) is 17.3. The zero-order valence-electron chi connectivity index (χ0n) is 13.1. The molecule has 8 heteroatoms. The second kappa shape index (κ2) is 7.21. The van der Waals surface area contributed by atoms with Crippen molar-refractivity contribution in [1.82, 2.24) is 9.88 Å². The smallest absolute Gasteiger partial charge is 0.306 e. The van der Waals surface area contributed by atoms with Gasteiger partial charge >= 0.3 is 5.97 Å². The van der Waals surface area contributed by atoms with Crippen LogP contribution in [0.25, 0.3) is 9.88 Å². The van der Waals surface area contributed by atoms with E-state index in [9.17, 15) is 9.59 Å². The molecule has 0 aliphatic carbocycles. The molecule has 0 bridgehead atoms. The van der Waals surface area contributed by atoms with Crippen LogP contribution in [0.5, 0.6) is 0 Å². The predicted octanol–water partition coefficient (Wildman–Crippen LogP) is 3.64. The average Bonchev–Trinajstić information content (AvgIpc) is 3.15. The van der Waals surface area contributed by atoms with Crippen LogP contribution in [-0.4, -0.2) is 40.0 Å². The van der Waals surface area contributed by atoms with E-state index in [0.29, 0.717) is 23.8 Å². The van der Waals surface area contributed by atoms with E-state index in [2.05, 4.69) is 4.98 Å². The highest BCUT2D eigenvalue weighted by Crippen LogP contribution is 2.33. The first kappa shape index (κ1) is 17.4. The lowest BCUT2D eigenvalue weighted by Gasteiger charge is -2.34. The van der Waals surface area contributed by atoms with Gasteiger partial charge in [-0.1, -0.05) is 18.5 Å². The maximum absolute atomic E-state index is 12.5. The Kier molecular flexibility index (Phi) is 5.22. The number of carboxylic acid groups (broad SMARTS) is 1. The molecule has 3 heterocycles. The highest BCUT2D eigenvalue weighted by atomic mass is 35.5. The van der Waals surface area contributed by atoms with E-state index in [1.54, 1.807) is 4.90 Å². The summed E-state index contributed by atoms with van der Waals surface area (Å²) >= 11 is 8.91. The van der Waals surface area contributed by atoms with Gasteiger partial charge < -0.3 is 10.0 Å². The lowest BCUT2D eigenvalue weighted by molar-refractivity contribution is -0.148. The number of likely N-dealkylation sites (tertiary alicyclic amines) is 1. The second-order valence-electron chi connectivity index (χ2n) is 5.97. The van der Waals surface area contributed by atoms with Gasteiger partial charge in [0, 0.05) is 18.5 Å². The molecule has 1 aliphatic rings. The molecule has 1 saturated heterocycles. The molecule has 1 aliphatic heterocycles. The fourth-order valence-corrected chi connectivity index (χ4v) is 4.87. The van der Waals surface area contributed by atoms with Crippen molar-refractivity contribution in [2.24, 2.45) is 11.8 Å². The number of halogens is 1. The van der Waals surface area contributed by atoms with Crippen molar-refractivity contribution < 1.29 is 14.7 Å². The summed E-state index contributed by atoms with van der Waals surface area (Å²) in [5, 5.41) is 11.9. The van der Waals surface area contributed by atoms with Crippen LogP contribution in [0.3, 0.4) is 0 Å². The minimum atomic E-state index is -0.770. The van der Waals surface area contributed by atoms with Gasteiger partial charge in [0.25, 0.3) is 0 Å². The van der Waals surface area contributed by atoms with E-state index in [-0.39, 0.29) is 24.2 Å². The van der Waals surface area contributed by atoms with E-state index in [0.717, 1.165) is 15.6 Å². The fourth-order valence-electron chi connectivity index (χ4n) is 2.94. The van der Waals surface area contributed by atoms with Gasteiger partial charge in [0.05, 0.1) is 27.2 Å². The molecule has 5 nitrogen and oxygen atoms in total. The SMILES string of the molecule is CC1CN(C(=O)Cc2csc(-c3ccc(Cl)s3)n2)CCC1C(=O)O. The number of thiazole rings is 1. The summed E-state index contributed by atoms with van der Waals surface area (Å²) in [5.74, 6) is -1.15. The zero-order valence-corrected chi connectivity index (χ0v) is 15.5. The van der Waals surface area contributed by atoms with E-state index in [1.807, 2.05) is 24.4 Å². The number of rotatable bonds is 4. The predicted molar refractivity (Wildman–Crippen MR) is 95.6 cm³/mol. The van der Waals surface area contributed by atoms with E-state index < -0.39 is 5.97 Å². The largest absolute Gasteiger partial charge is 0.481 e. The van der Waals surface area contributed by atoms with Gasteiger partial charge in [0.1, 0.15) is 5.01 Å². The van der Waals surface area contributed by atoms with Crippen molar-refractivity contribution in [2.75, 3.05) is 13.1 Å². The number of carboxylic acids is 1. The van der Waals surface area contributed by atoms with Crippen LogP contribution in [0.4, 0.5) is 0 Å². The number of carbonyl (C=O) groups is 2. The van der Waals surface area contributed by atoms with E-state index in [1.165, 1.54) is 22.7 Å². The Hall–Kier alpha value is -1.44. The third-order valence-electron chi connectivity index (χ3n) is 4.24. The molecule has 2 aromatic heterocycles. The number of thiophene rings is 1. The molecule has 24 heavy (non-hydrogen) atoms. The molecule has 3 rings (SSSR count). The molecule has 1 amide bonds. The minimum Gasteiger partial charge on any atom is -0.481 e. The Morgan fingerprint density at radius 2 is 2.25 bits per heavy atom. The standard InChI is InChI=1S/C16H17ClN2O3S2/c1-9-7-19(5-4-11(9)16(21)22)14(20)6-10-8-23-15(18-10)12-2-3-13(17)24-12/h2-3,8-9,11H,4-7H2,1H3,(H,21,22). The summed E-state index contributed by atoms with van der Waals surface area (Å²) < 4.78 is 0.716. The Labute approximate surface area is 152 Å². The first-order chi connectivity index (χ1) is 11.4. The monoisotopic (exact) mass is 384 g/mol. The summed E-state index contributed by atoms with van der Waals surface area (Å²) in [6.45, 7) is 2.88. The summed E-state index contributed by atoms with van der Waals surface area (Å²) in [6.07, 6.45) is 0.762. The lowest BCUT2D eigenvalue weighted by Crippen LogP contribution is -2.45. The number of piperidine rings is 1. The van der Waals surface area contributed by atoms with Gasteiger partial charge in [-0.25, -0.2) is 4.98 Å². The van der Waals surface area contributed by atoms with Crippen molar-refractivity contribution in [3.05, 3.63) is 27.5 Å². The molecule has 2 aromatic rings. The Morgan fingerprint density at radius 3 is 2.88 bits per heavy atom.